The van der Waals surface area contributed by atoms with Crippen LogP contribution in [0.2, 0.25) is 0 Å². The normalized spacial score (nSPS) is 19.0. The quantitative estimate of drug-likeness (QED) is 0.489. The van der Waals surface area contributed by atoms with E-state index in [9.17, 15) is 27.6 Å². The number of alkyl halides is 3. The van der Waals surface area contributed by atoms with Crippen LogP contribution in [0.5, 0.6) is 5.75 Å². The summed E-state index contributed by atoms with van der Waals surface area (Å²) < 4.78 is 44.0. The van der Waals surface area contributed by atoms with E-state index in [0.717, 1.165) is 22.2 Å². The van der Waals surface area contributed by atoms with Gasteiger partial charge in [0.25, 0.3) is 11.1 Å². The molecule has 0 radical (unpaired) electrons. The molecule has 1 saturated heterocycles. The molecule has 0 spiro atoms. The first-order chi connectivity index (χ1) is 16.2. The minimum atomic E-state index is -4.92. The van der Waals surface area contributed by atoms with Crippen LogP contribution >= 0.6 is 11.8 Å². The number of imide groups is 1. The summed E-state index contributed by atoms with van der Waals surface area (Å²) in [7, 11) is 3.00. The van der Waals surface area contributed by atoms with Crippen LogP contribution in [0.4, 0.5) is 23.7 Å². The van der Waals surface area contributed by atoms with Gasteiger partial charge in [0.15, 0.2) is 0 Å². The van der Waals surface area contributed by atoms with Gasteiger partial charge in [-0.15, -0.1) is 13.2 Å². The first kappa shape index (κ1) is 24.8. The van der Waals surface area contributed by atoms with Gasteiger partial charge in [0.2, 0.25) is 5.91 Å². The first-order valence-electron chi connectivity index (χ1n) is 10.7. The van der Waals surface area contributed by atoms with Crippen LogP contribution in [0.15, 0.2) is 35.2 Å². The number of nitrogens with zero attached hydrogens (tertiary/aromatic N) is 2. The van der Waals surface area contributed by atoms with Crippen molar-refractivity contribution in [3.63, 3.8) is 0 Å². The Balaban J connectivity index is 1.90. The number of amides is 3. The van der Waals surface area contributed by atoms with Gasteiger partial charge in [-0.1, -0.05) is 26.0 Å². The molecule has 2 aliphatic rings. The van der Waals surface area contributed by atoms with Gasteiger partial charge in [-0.2, -0.15) is 0 Å². The average Bonchev–Trinajstić information content (AvgIpc) is 2.98. The van der Waals surface area contributed by atoms with Gasteiger partial charge < -0.3 is 9.64 Å². The van der Waals surface area contributed by atoms with Gasteiger partial charge in [-0.3, -0.25) is 19.3 Å². The van der Waals surface area contributed by atoms with E-state index in [1.165, 1.54) is 36.2 Å². The Hall–Kier alpha value is -3.27. The fourth-order valence-electron chi connectivity index (χ4n) is 4.29. The maximum atomic E-state index is 13.2. The van der Waals surface area contributed by atoms with E-state index < -0.39 is 28.7 Å². The number of halogens is 3. The summed E-state index contributed by atoms with van der Waals surface area (Å²) in [5.74, 6) is -0.983. The van der Waals surface area contributed by atoms with Crippen molar-refractivity contribution in [2.75, 3.05) is 19.0 Å². The van der Waals surface area contributed by atoms with Crippen LogP contribution in [0.1, 0.15) is 37.0 Å². The van der Waals surface area contributed by atoms with Crippen molar-refractivity contribution in [2.45, 2.75) is 39.0 Å². The highest BCUT2D eigenvalue weighted by molar-refractivity contribution is 8.18. The zero-order valence-electron chi connectivity index (χ0n) is 19.7. The van der Waals surface area contributed by atoms with Gasteiger partial charge in [0, 0.05) is 37.2 Å². The third kappa shape index (κ3) is 4.67. The van der Waals surface area contributed by atoms with Crippen molar-refractivity contribution in [3.05, 3.63) is 51.9 Å². The predicted molar refractivity (Wildman–Crippen MR) is 128 cm³/mol. The summed E-state index contributed by atoms with van der Waals surface area (Å²) >= 11 is 0.758. The number of fused-ring (bicyclic) bond motifs is 1. The highest BCUT2D eigenvalue weighted by Gasteiger charge is 2.37. The molecule has 2 aromatic carbocycles. The molecule has 6 nitrogen and oxygen atoms in total. The minimum absolute atomic E-state index is 0.0897. The van der Waals surface area contributed by atoms with Crippen molar-refractivity contribution in [2.24, 2.45) is 0 Å². The molecule has 3 amide bonds. The lowest BCUT2D eigenvalue weighted by atomic mass is 9.76. The molecule has 35 heavy (non-hydrogen) atoms. The second kappa shape index (κ2) is 8.44. The van der Waals surface area contributed by atoms with Crippen molar-refractivity contribution < 1.29 is 32.3 Å². The highest BCUT2D eigenvalue weighted by atomic mass is 32.2. The van der Waals surface area contributed by atoms with Gasteiger partial charge in [-0.25, -0.2) is 0 Å². The zero-order valence-corrected chi connectivity index (χ0v) is 20.6. The number of hydrogen-bond acceptors (Lipinski definition) is 5. The fourth-order valence-corrected chi connectivity index (χ4v) is 5.12. The van der Waals surface area contributed by atoms with Crippen molar-refractivity contribution in [3.8, 4) is 16.9 Å². The SMILES string of the molecule is Cc1cc2c(cc1-c1cc(C=C3SC(=O)N(C)C3=O)ccc1OC(F)(F)F)N(C)C(=O)CC2(C)C. The Labute approximate surface area is 204 Å². The number of ether oxygens (including phenoxy) is 1. The summed E-state index contributed by atoms with van der Waals surface area (Å²) in [4.78, 5) is 39.3. The number of aryl methyl sites for hydroxylation is 1. The maximum Gasteiger partial charge on any atom is 0.573 e. The Kier molecular flexibility index (Phi) is 5.99. The molecule has 1 fully saturated rings. The molecule has 0 unspecified atom stereocenters. The van der Waals surface area contributed by atoms with E-state index in [-0.39, 0.29) is 16.4 Å². The molecule has 0 bridgehead atoms. The number of rotatable bonds is 3. The van der Waals surface area contributed by atoms with E-state index in [2.05, 4.69) is 4.74 Å². The number of anilines is 1. The number of benzene rings is 2. The first-order valence-corrected chi connectivity index (χ1v) is 11.5. The monoisotopic (exact) mass is 504 g/mol. The Morgan fingerprint density at radius 1 is 1.03 bits per heavy atom. The summed E-state index contributed by atoms with van der Waals surface area (Å²) in [6.07, 6.45) is -3.14. The summed E-state index contributed by atoms with van der Waals surface area (Å²) in [5.41, 5.74) is 2.84. The predicted octanol–water partition coefficient (Wildman–Crippen LogP) is 5.87. The molecular weight excluding hydrogens is 481 g/mol. The van der Waals surface area contributed by atoms with E-state index in [1.807, 2.05) is 19.9 Å². The van der Waals surface area contributed by atoms with Gasteiger partial charge in [-0.05, 0) is 65.2 Å². The molecule has 10 heteroatoms. The molecule has 0 atom stereocenters. The molecule has 184 valence electrons. The molecule has 2 aromatic rings. The van der Waals surface area contributed by atoms with Gasteiger partial charge in [0.1, 0.15) is 5.75 Å². The Morgan fingerprint density at radius 2 is 1.71 bits per heavy atom. The lowest BCUT2D eigenvalue weighted by molar-refractivity contribution is -0.274. The van der Waals surface area contributed by atoms with Crippen LogP contribution in [0.3, 0.4) is 0 Å². The summed E-state index contributed by atoms with van der Waals surface area (Å²) in [6.45, 7) is 5.69. The third-order valence-corrected chi connectivity index (χ3v) is 7.17. The summed E-state index contributed by atoms with van der Waals surface area (Å²) in [5, 5.41) is -0.431. The van der Waals surface area contributed by atoms with E-state index in [1.54, 1.807) is 20.0 Å². The molecule has 4 rings (SSSR count). The second-order valence-electron chi connectivity index (χ2n) is 9.24. The third-order valence-electron chi connectivity index (χ3n) is 6.20. The number of carbonyl (C=O) groups excluding carboxylic acids is 3. The van der Waals surface area contributed by atoms with Crippen LogP contribution in [0.25, 0.3) is 17.2 Å². The van der Waals surface area contributed by atoms with Crippen LogP contribution in [-0.2, 0) is 15.0 Å². The Bertz CT molecular complexity index is 1300. The molecule has 2 heterocycles. The lowest BCUT2D eigenvalue weighted by Gasteiger charge is -2.37. The highest BCUT2D eigenvalue weighted by Crippen LogP contribution is 2.45. The van der Waals surface area contributed by atoms with E-state index >= 15 is 0 Å². The van der Waals surface area contributed by atoms with Crippen LogP contribution in [0, 0.1) is 6.92 Å². The topological polar surface area (TPSA) is 66.9 Å². The van der Waals surface area contributed by atoms with E-state index in [0.29, 0.717) is 28.8 Å². The zero-order chi connectivity index (χ0) is 25.9. The van der Waals surface area contributed by atoms with Gasteiger partial charge >= 0.3 is 6.36 Å². The number of hydrogen-bond donors (Lipinski definition) is 0. The molecular formula is C25H23F3N2O4S. The Morgan fingerprint density at radius 3 is 2.31 bits per heavy atom. The average molecular weight is 505 g/mol. The maximum absolute atomic E-state index is 13.2. The molecule has 0 aliphatic carbocycles. The van der Waals surface area contributed by atoms with Crippen LogP contribution in [-0.4, -0.2) is 42.4 Å². The molecule has 0 aromatic heterocycles. The smallest absolute Gasteiger partial charge is 0.405 e. The lowest BCUT2D eigenvalue weighted by Crippen LogP contribution is -2.39. The number of carbonyl (C=O) groups is 3. The second-order valence-corrected chi connectivity index (χ2v) is 10.2. The number of likely N-dealkylation sites (N-methyl/N-ethyl adjacent to an activating group) is 1. The van der Waals surface area contributed by atoms with Crippen molar-refractivity contribution >= 4 is 40.6 Å². The molecule has 0 saturated carbocycles. The fraction of sp³-hybridized carbons (Fsp3) is 0.320. The van der Waals surface area contributed by atoms with Crippen LogP contribution < -0.4 is 9.64 Å². The van der Waals surface area contributed by atoms with Crippen molar-refractivity contribution in [1.29, 1.82) is 0 Å². The molecule has 2 aliphatic heterocycles. The van der Waals surface area contributed by atoms with Crippen molar-refractivity contribution in [1.82, 2.24) is 4.90 Å². The largest absolute Gasteiger partial charge is 0.573 e. The molecule has 0 N–H and O–H groups in total. The summed E-state index contributed by atoms with van der Waals surface area (Å²) in [6, 6.07) is 7.64. The minimum Gasteiger partial charge on any atom is -0.405 e. The standard InChI is InChI=1S/C25H23F3N2O4S/c1-13-8-17-18(29(4)21(31)12-24(17,2)3)11-15(13)16-9-14(6-7-19(16)34-25(26,27)28)10-20-22(32)30(5)23(33)35-20/h6-11H,12H2,1-5H3. The van der Waals surface area contributed by atoms with Gasteiger partial charge in [0.05, 0.1) is 4.91 Å². The van der Waals surface area contributed by atoms with E-state index in [4.69, 9.17) is 0 Å². The number of thioether (sulfide) groups is 1.